The first-order valence-corrected chi connectivity index (χ1v) is 9.63. The smallest absolute Gasteiger partial charge is 0.321 e. The van der Waals surface area contributed by atoms with Gasteiger partial charge in [-0.05, 0) is 26.0 Å². The van der Waals surface area contributed by atoms with Crippen molar-refractivity contribution in [1.82, 2.24) is 14.9 Å². The maximum absolute atomic E-state index is 12.7. The van der Waals surface area contributed by atoms with Crippen LogP contribution in [0.4, 0.5) is 4.79 Å². The van der Waals surface area contributed by atoms with E-state index in [4.69, 9.17) is 0 Å². The number of nitrogens with zero attached hydrogens (tertiary/aromatic N) is 1. The normalized spacial score (nSPS) is 17.7. The number of carbonyl (C=O) groups excluding carboxylic acids is 2. The van der Waals surface area contributed by atoms with E-state index in [9.17, 15) is 18.0 Å². The fraction of sp³-hybridized carbons (Fsp3) is 0.500. The van der Waals surface area contributed by atoms with Gasteiger partial charge in [-0.25, -0.2) is 13.2 Å². The van der Waals surface area contributed by atoms with Crippen molar-refractivity contribution in [2.75, 3.05) is 33.2 Å². The summed E-state index contributed by atoms with van der Waals surface area (Å²) in [6, 6.07) is 5.81. The molecule has 0 bridgehead atoms. The Hall–Kier alpha value is -1.97. The van der Waals surface area contributed by atoms with E-state index in [-0.39, 0.29) is 10.8 Å². The summed E-state index contributed by atoms with van der Waals surface area (Å²) < 4.78 is 26.8. The first kappa shape index (κ1) is 19.4. The topological polar surface area (TPSA) is 100 Å². The van der Waals surface area contributed by atoms with Gasteiger partial charge in [0.15, 0.2) is 6.04 Å². The molecule has 0 saturated carbocycles. The second-order valence-corrected chi connectivity index (χ2v) is 8.10. The first-order chi connectivity index (χ1) is 11.8. The number of hydrogen-bond donors (Lipinski definition) is 3. The quantitative estimate of drug-likeness (QED) is 0.616. The third-order valence-corrected chi connectivity index (χ3v) is 6.41. The summed E-state index contributed by atoms with van der Waals surface area (Å²) in [6.45, 7) is 5.33. The summed E-state index contributed by atoms with van der Waals surface area (Å²) in [5.41, 5.74) is 1.00. The van der Waals surface area contributed by atoms with Crippen LogP contribution in [0, 0.1) is 6.92 Å². The van der Waals surface area contributed by atoms with E-state index < -0.39 is 22.1 Å². The number of amides is 3. The monoisotopic (exact) mass is 369 g/mol. The van der Waals surface area contributed by atoms with Crippen molar-refractivity contribution in [2.45, 2.75) is 24.8 Å². The van der Waals surface area contributed by atoms with Crippen LogP contribution in [0.3, 0.4) is 0 Å². The molecule has 9 heteroatoms. The van der Waals surface area contributed by atoms with Gasteiger partial charge in [-0.1, -0.05) is 17.7 Å². The minimum atomic E-state index is -3.52. The van der Waals surface area contributed by atoms with Gasteiger partial charge in [-0.3, -0.25) is 10.1 Å². The number of rotatable bonds is 4. The molecule has 1 saturated heterocycles. The number of hydrogen-bond acceptors (Lipinski definition) is 4. The molecule has 0 spiro atoms. The molecular formula is C16H25N4O4S+. The molecule has 0 unspecified atom stereocenters. The maximum Gasteiger partial charge on any atom is 0.321 e. The number of aryl methyl sites for hydroxylation is 1. The lowest BCUT2D eigenvalue weighted by molar-refractivity contribution is -0.917. The van der Waals surface area contributed by atoms with E-state index in [0.717, 1.165) is 10.5 Å². The van der Waals surface area contributed by atoms with Gasteiger partial charge in [0.2, 0.25) is 10.0 Å². The van der Waals surface area contributed by atoms with Crippen LogP contribution < -0.4 is 15.5 Å². The molecule has 25 heavy (non-hydrogen) atoms. The summed E-state index contributed by atoms with van der Waals surface area (Å²) in [6.07, 6.45) is 0. The Balaban J connectivity index is 1.98. The third-order valence-electron chi connectivity index (χ3n) is 4.49. The van der Waals surface area contributed by atoms with Gasteiger partial charge in [0, 0.05) is 7.05 Å². The average Bonchev–Trinajstić information content (AvgIpc) is 2.61. The van der Waals surface area contributed by atoms with E-state index in [1.807, 2.05) is 6.92 Å². The number of carbonyl (C=O) groups is 2. The SMILES string of the molecule is CNC(=O)NC(=O)[C@H](C)[NH+]1CCN(S(=O)(=O)c2ccc(C)cc2)CC1. The van der Waals surface area contributed by atoms with E-state index in [2.05, 4.69) is 10.6 Å². The highest BCUT2D eigenvalue weighted by Gasteiger charge is 2.34. The summed E-state index contributed by atoms with van der Waals surface area (Å²) in [4.78, 5) is 24.5. The van der Waals surface area contributed by atoms with Gasteiger partial charge in [-0.2, -0.15) is 4.31 Å². The highest BCUT2D eigenvalue weighted by atomic mass is 32.2. The van der Waals surface area contributed by atoms with Gasteiger partial charge < -0.3 is 10.2 Å². The molecular weight excluding hydrogens is 344 g/mol. The number of urea groups is 1. The van der Waals surface area contributed by atoms with Crippen molar-refractivity contribution in [1.29, 1.82) is 0 Å². The highest BCUT2D eigenvalue weighted by Crippen LogP contribution is 2.16. The second kappa shape index (κ2) is 7.94. The summed E-state index contributed by atoms with van der Waals surface area (Å²) in [7, 11) is -2.08. The number of imide groups is 1. The molecule has 3 amide bonds. The number of benzene rings is 1. The van der Waals surface area contributed by atoms with Crippen molar-refractivity contribution in [2.24, 2.45) is 0 Å². The number of quaternary nitrogens is 1. The molecule has 1 fully saturated rings. The van der Waals surface area contributed by atoms with Crippen LogP contribution >= 0.6 is 0 Å². The molecule has 1 aromatic rings. The van der Waals surface area contributed by atoms with E-state index in [0.29, 0.717) is 26.2 Å². The Labute approximate surface area is 148 Å². The molecule has 1 aromatic carbocycles. The highest BCUT2D eigenvalue weighted by molar-refractivity contribution is 7.89. The van der Waals surface area contributed by atoms with Gasteiger partial charge in [0.05, 0.1) is 31.1 Å². The zero-order chi connectivity index (χ0) is 18.6. The lowest BCUT2D eigenvalue weighted by atomic mass is 10.2. The molecule has 0 radical (unpaired) electrons. The Morgan fingerprint density at radius 1 is 1.16 bits per heavy atom. The molecule has 3 N–H and O–H groups in total. The van der Waals surface area contributed by atoms with Crippen molar-refractivity contribution in [3.05, 3.63) is 29.8 Å². The van der Waals surface area contributed by atoms with E-state index in [1.165, 1.54) is 11.4 Å². The number of sulfonamides is 1. The molecule has 2 rings (SSSR count). The number of nitrogens with one attached hydrogen (secondary N) is 3. The lowest BCUT2D eigenvalue weighted by Gasteiger charge is -2.34. The van der Waals surface area contributed by atoms with Crippen LogP contribution in [-0.4, -0.2) is 63.9 Å². The molecule has 1 heterocycles. The van der Waals surface area contributed by atoms with E-state index in [1.54, 1.807) is 31.2 Å². The molecule has 1 aliphatic rings. The predicted octanol–water partition coefficient (Wildman–Crippen LogP) is -1.27. The fourth-order valence-electron chi connectivity index (χ4n) is 2.77. The third kappa shape index (κ3) is 4.56. The van der Waals surface area contributed by atoms with Gasteiger partial charge in [-0.15, -0.1) is 0 Å². The molecule has 8 nitrogen and oxygen atoms in total. The predicted molar refractivity (Wildman–Crippen MR) is 92.7 cm³/mol. The minimum Gasteiger partial charge on any atom is -0.341 e. The largest absolute Gasteiger partial charge is 0.341 e. The maximum atomic E-state index is 12.7. The molecule has 0 aliphatic carbocycles. The first-order valence-electron chi connectivity index (χ1n) is 8.19. The van der Waals surface area contributed by atoms with Crippen molar-refractivity contribution in [3.8, 4) is 0 Å². The van der Waals surface area contributed by atoms with Crippen molar-refractivity contribution < 1.29 is 22.9 Å². The van der Waals surface area contributed by atoms with Crippen molar-refractivity contribution in [3.63, 3.8) is 0 Å². The second-order valence-electron chi connectivity index (χ2n) is 6.17. The Morgan fingerprint density at radius 2 is 1.72 bits per heavy atom. The van der Waals surface area contributed by atoms with Crippen LogP contribution in [0.25, 0.3) is 0 Å². The molecule has 0 aromatic heterocycles. The van der Waals surface area contributed by atoms with Crippen LogP contribution in [0.5, 0.6) is 0 Å². The lowest BCUT2D eigenvalue weighted by Crippen LogP contribution is -3.19. The molecule has 138 valence electrons. The summed E-state index contributed by atoms with van der Waals surface area (Å²) >= 11 is 0. The van der Waals surface area contributed by atoms with Gasteiger partial charge >= 0.3 is 6.03 Å². The van der Waals surface area contributed by atoms with Crippen molar-refractivity contribution >= 4 is 22.0 Å². The molecule has 1 aliphatic heterocycles. The van der Waals surface area contributed by atoms with Crippen LogP contribution in [0.1, 0.15) is 12.5 Å². The van der Waals surface area contributed by atoms with Crippen LogP contribution in [-0.2, 0) is 14.8 Å². The summed E-state index contributed by atoms with van der Waals surface area (Å²) in [5.74, 6) is -0.371. The van der Waals surface area contributed by atoms with Gasteiger partial charge in [0.25, 0.3) is 5.91 Å². The fourth-order valence-corrected chi connectivity index (χ4v) is 4.22. The van der Waals surface area contributed by atoms with Gasteiger partial charge in [0.1, 0.15) is 0 Å². The van der Waals surface area contributed by atoms with Crippen LogP contribution in [0.2, 0.25) is 0 Å². The minimum absolute atomic E-state index is 0.284. The number of piperazine rings is 1. The Morgan fingerprint density at radius 3 is 2.24 bits per heavy atom. The zero-order valence-corrected chi connectivity index (χ0v) is 15.5. The Kier molecular flexibility index (Phi) is 6.15. The average molecular weight is 369 g/mol. The standard InChI is InChI=1S/C16H24N4O4S/c1-12-4-6-14(7-5-12)25(23,24)20-10-8-19(9-11-20)13(2)15(21)18-16(22)17-3/h4-7,13H,8-11H2,1-3H3,(H2,17,18,21,22)/p+1/t13-/m0/s1. The Bertz CT molecular complexity index is 725. The summed E-state index contributed by atoms with van der Waals surface area (Å²) in [5, 5.41) is 4.59. The zero-order valence-electron chi connectivity index (χ0n) is 14.7. The molecule has 1 atom stereocenters. The van der Waals surface area contributed by atoms with Crippen LogP contribution in [0.15, 0.2) is 29.2 Å². The van der Waals surface area contributed by atoms with E-state index >= 15 is 0 Å².